The molecule has 0 saturated heterocycles. The van der Waals surface area contributed by atoms with Crippen molar-refractivity contribution in [1.29, 1.82) is 0 Å². The van der Waals surface area contributed by atoms with E-state index in [1.54, 1.807) is 0 Å². The summed E-state index contributed by atoms with van der Waals surface area (Å²) in [6.07, 6.45) is 1.40. The van der Waals surface area contributed by atoms with Crippen LogP contribution in [0.4, 0.5) is 11.6 Å². The van der Waals surface area contributed by atoms with E-state index in [2.05, 4.69) is 20.7 Å². The van der Waals surface area contributed by atoms with Gasteiger partial charge in [0.05, 0.1) is 12.7 Å². The molecule has 18 heavy (non-hydrogen) atoms. The molecule has 1 atom stereocenters. The number of hydrogen-bond donors (Lipinski definition) is 5. The summed E-state index contributed by atoms with van der Waals surface area (Å²) in [7, 11) is 0. The van der Waals surface area contributed by atoms with E-state index in [1.807, 2.05) is 6.92 Å². The number of nitrogens with zero attached hydrogens (tertiary/aromatic N) is 2. The van der Waals surface area contributed by atoms with Crippen LogP contribution in [0.2, 0.25) is 0 Å². The summed E-state index contributed by atoms with van der Waals surface area (Å²) >= 11 is 0. The third-order valence-electron chi connectivity index (χ3n) is 2.96. The van der Waals surface area contributed by atoms with Gasteiger partial charge in [-0.2, -0.15) is 0 Å². The van der Waals surface area contributed by atoms with E-state index in [1.165, 1.54) is 0 Å². The largest absolute Gasteiger partial charge is 0.394 e. The molecule has 100 valence electrons. The Morgan fingerprint density at radius 2 is 2.06 bits per heavy atom. The highest BCUT2D eigenvalue weighted by molar-refractivity contribution is 5.57. The number of hydrazine groups is 1. The SMILES string of the molecule is Cc1c(NN)nc(C2CC2)nc1NCC(O)CO. The van der Waals surface area contributed by atoms with E-state index in [0.717, 1.165) is 24.2 Å². The van der Waals surface area contributed by atoms with Gasteiger partial charge < -0.3 is 21.0 Å². The molecule has 0 bridgehead atoms. The highest BCUT2D eigenvalue weighted by Crippen LogP contribution is 2.39. The fraction of sp³-hybridized carbons (Fsp3) is 0.636. The predicted molar refractivity (Wildman–Crippen MR) is 68.1 cm³/mol. The first-order valence-corrected chi connectivity index (χ1v) is 6.03. The van der Waals surface area contributed by atoms with Crippen LogP contribution in [0.15, 0.2) is 0 Å². The van der Waals surface area contributed by atoms with Gasteiger partial charge in [-0.3, -0.25) is 0 Å². The zero-order valence-corrected chi connectivity index (χ0v) is 10.3. The van der Waals surface area contributed by atoms with E-state index in [4.69, 9.17) is 10.9 Å². The molecule has 7 heteroatoms. The van der Waals surface area contributed by atoms with Gasteiger partial charge in [-0.25, -0.2) is 15.8 Å². The van der Waals surface area contributed by atoms with Crippen LogP contribution in [0.3, 0.4) is 0 Å². The van der Waals surface area contributed by atoms with Crippen molar-refractivity contribution < 1.29 is 10.2 Å². The standard InChI is InChI=1S/C11H19N5O2/c1-6-9(13-4-8(18)5-17)14-11(7-2-3-7)15-10(6)16-12/h7-8,17-18H,2-5,12H2,1H3,(H2,13,14,15,16). The lowest BCUT2D eigenvalue weighted by atomic mass is 10.2. The fourth-order valence-corrected chi connectivity index (χ4v) is 1.65. The van der Waals surface area contributed by atoms with Crippen molar-refractivity contribution >= 4 is 11.6 Å². The lowest BCUT2D eigenvalue weighted by Gasteiger charge is -2.15. The van der Waals surface area contributed by atoms with Crippen LogP contribution in [0.5, 0.6) is 0 Å². The van der Waals surface area contributed by atoms with E-state index in [9.17, 15) is 5.11 Å². The molecule has 1 unspecified atom stereocenters. The summed E-state index contributed by atoms with van der Waals surface area (Å²) in [6, 6.07) is 0. The highest BCUT2D eigenvalue weighted by Gasteiger charge is 2.28. The highest BCUT2D eigenvalue weighted by atomic mass is 16.3. The first-order valence-electron chi connectivity index (χ1n) is 6.03. The molecule has 2 rings (SSSR count). The Kier molecular flexibility index (Phi) is 3.95. The first kappa shape index (κ1) is 13.0. The molecule has 1 aromatic rings. The lowest BCUT2D eigenvalue weighted by molar-refractivity contribution is 0.105. The number of anilines is 2. The lowest BCUT2D eigenvalue weighted by Crippen LogP contribution is -2.24. The van der Waals surface area contributed by atoms with Crippen LogP contribution in [0, 0.1) is 6.92 Å². The number of hydrogen-bond acceptors (Lipinski definition) is 7. The zero-order valence-electron chi connectivity index (χ0n) is 10.3. The van der Waals surface area contributed by atoms with Gasteiger partial charge in [0.2, 0.25) is 0 Å². The third-order valence-corrected chi connectivity index (χ3v) is 2.96. The van der Waals surface area contributed by atoms with E-state index >= 15 is 0 Å². The molecule has 1 saturated carbocycles. The first-order chi connectivity index (χ1) is 8.65. The second-order valence-corrected chi connectivity index (χ2v) is 4.54. The Labute approximate surface area is 105 Å². The fourth-order valence-electron chi connectivity index (χ4n) is 1.65. The number of nitrogens with two attached hydrogens (primary N) is 1. The second-order valence-electron chi connectivity index (χ2n) is 4.54. The number of rotatable bonds is 6. The Balaban J connectivity index is 2.18. The summed E-state index contributed by atoms with van der Waals surface area (Å²) in [5.41, 5.74) is 3.36. The van der Waals surface area contributed by atoms with Crippen molar-refractivity contribution in [2.45, 2.75) is 31.8 Å². The summed E-state index contributed by atoms with van der Waals surface area (Å²) < 4.78 is 0. The smallest absolute Gasteiger partial charge is 0.148 e. The maximum Gasteiger partial charge on any atom is 0.148 e. The quantitative estimate of drug-likeness (QED) is 0.349. The number of nitrogen functional groups attached to an aromatic ring is 1. The molecule has 0 radical (unpaired) electrons. The monoisotopic (exact) mass is 253 g/mol. The van der Waals surface area contributed by atoms with Gasteiger partial charge in [-0.05, 0) is 19.8 Å². The average molecular weight is 253 g/mol. The van der Waals surface area contributed by atoms with Crippen LogP contribution in [-0.2, 0) is 0 Å². The number of aliphatic hydroxyl groups is 2. The van der Waals surface area contributed by atoms with Gasteiger partial charge in [0.25, 0.3) is 0 Å². The molecule has 1 heterocycles. The van der Waals surface area contributed by atoms with Gasteiger partial charge in [-0.1, -0.05) is 0 Å². The Bertz CT molecular complexity index is 422. The molecule has 1 aliphatic rings. The molecule has 1 aliphatic carbocycles. The summed E-state index contributed by atoms with van der Waals surface area (Å²) in [5, 5.41) is 21.1. The molecule has 1 fully saturated rings. The summed E-state index contributed by atoms with van der Waals surface area (Å²) in [5.74, 6) is 7.86. The predicted octanol–water partition coefficient (Wildman–Crippen LogP) is -0.287. The molecule has 6 N–H and O–H groups in total. The van der Waals surface area contributed by atoms with Crippen molar-refractivity contribution in [2.75, 3.05) is 23.9 Å². The molecular weight excluding hydrogens is 234 g/mol. The minimum absolute atomic E-state index is 0.239. The summed E-state index contributed by atoms with van der Waals surface area (Å²) in [4.78, 5) is 8.80. The van der Waals surface area contributed by atoms with Gasteiger partial charge in [-0.15, -0.1) is 0 Å². The van der Waals surface area contributed by atoms with E-state index < -0.39 is 6.10 Å². The Morgan fingerprint density at radius 1 is 1.39 bits per heavy atom. The normalized spacial score (nSPS) is 16.4. The van der Waals surface area contributed by atoms with E-state index in [-0.39, 0.29) is 13.2 Å². The number of aliphatic hydroxyl groups excluding tert-OH is 2. The molecule has 0 aliphatic heterocycles. The van der Waals surface area contributed by atoms with Crippen molar-refractivity contribution in [1.82, 2.24) is 9.97 Å². The molecule has 1 aromatic heterocycles. The van der Waals surface area contributed by atoms with Crippen molar-refractivity contribution in [3.63, 3.8) is 0 Å². The van der Waals surface area contributed by atoms with Gasteiger partial charge in [0, 0.05) is 18.0 Å². The maximum atomic E-state index is 9.33. The van der Waals surface area contributed by atoms with Crippen molar-refractivity contribution in [3.8, 4) is 0 Å². The summed E-state index contributed by atoms with van der Waals surface area (Å²) in [6.45, 7) is 1.80. The van der Waals surface area contributed by atoms with Crippen LogP contribution in [0.1, 0.15) is 30.1 Å². The van der Waals surface area contributed by atoms with Crippen LogP contribution in [-0.4, -0.2) is 39.4 Å². The molecule has 0 spiro atoms. The van der Waals surface area contributed by atoms with Gasteiger partial charge in [0.1, 0.15) is 17.5 Å². The number of aromatic nitrogens is 2. The zero-order chi connectivity index (χ0) is 13.1. The van der Waals surface area contributed by atoms with Crippen LogP contribution >= 0.6 is 0 Å². The van der Waals surface area contributed by atoms with Crippen molar-refractivity contribution in [2.24, 2.45) is 5.84 Å². The minimum Gasteiger partial charge on any atom is -0.394 e. The Morgan fingerprint density at radius 3 is 2.61 bits per heavy atom. The van der Waals surface area contributed by atoms with Crippen molar-refractivity contribution in [3.05, 3.63) is 11.4 Å². The minimum atomic E-state index is -0.807. The van der Waals surface area contributed by atoms with Crippen LogP contribution in [0.25, 0.3) is 0 Å². The maximum absolute atomic E-state index is 9.33. The topological polar surface area (TPSA) is 116 Å². The average Bonchev–Trinajstić information content (AvgIpc) is 3.21. The van der Waals surface area contributed by atoms with Gasteiger partial charge >= 0.3 is 0 Å². The molecule has 0 aromatic carbocycles. The third kappa shape index (κ3) is 2.87. The molecular formula is C11H19N5O2. The number of nitrogens with one attached hydrogen (secondary N) is 2. The van der Waals surface area contributed by atoms with Gasteiger partial charge in [0.15, 0.2) is 0 Å². The molecule has 0 amide bonds. The Hall–Kier alpha value is -1.44. The molecule has 7 nitrogen and oxygen atoms in total. The van der Waals surface area contributed by atoms with E-state index in [0.29, 0.717) is 17.6 Å². The van der Waals surface area contributed by atoms with Crippen LogP contribution < -0.4 is 16.6 Å². The second kappa shape index (κ2) is 5.47.